The Morgan fingerprint density at radius 1 is 1.19 bits per heavy atom. The Hall–Kier alpha value is -1.31. The molecule has 2 unspecified atom stereocenters. The minimum atomic E-state index is -0.211. The normalized spacial score (nSPS) is 30.2. The largest absolute Gasteiger partial charge is 0.338 e. The summed E-state index contributed by atoms with van der Waals surface area (Å²) in [5.74, 6) is 3.13. The topological polar surface area (TPSA) is 67.2 Å². The number of anilines is 1. The second kappa shape index (κ2) is 5.15. The molecule has 114 valence electrons. The van der Waals surface area contributed by atoms with Crippen molar-refractivity contribution in [1.29, 1.82) is 0 Å². The minimum Gasteiger partial charge on any atom is -0.338 e. The molecule has 3 aliphatic rings. The number of tetrazole rings is 1. The SMILES string of the molecule is CC1CSCCN1c1nnnn1C1CCN(C2CC2)C1=O. The van der Waals surface area contributed by atoms with Gasteiger partial charge in [0.15, 0.2) is 0 Å². The predicted molar refractivity (Wildman–Crippen MR) is 80.3 cm³/mol. The molecule has 0 N–H and O–H groups in total. The van der Waals surface area contributed by atoms with E-state index < -0.39 is 0 Å². The van der Waals surface area contributed by atoms with E-state index in [1.807, 2.05) is 16.7 Å². The molecule has 0 radical (unpaired) electrons. The third-order valence-corrected chi connectivity index (χ3v) is 5.78. The van der Waals surface area contributed by atoms with Gasteiger partial charge in [0.2, 0.25) is 11.9 Å². The second-order valence-corrected chi connectivity index (χ2v) is 7.26. The van der Waals surface area contributed by atoms with Gasteiger partial charge in [-0.1, -0.05) is 5.10 Å². The number of hydrogen-bond donors (Lipinski definition) is 0. The van der Waals surface area contributed by atoms with Crippen LogP contribution in [0.1, 0.15) is 32.2 Å². The Morgan fingerprint density at radius 3 is 2.81 bits per heavy atom. The maximum atomic E-state index is 12.6. The van der Waals surface area contributed by atoms with Crippen molar-refractivity contribution >= 4 is 23.6 Å². The number of rotatable bonds is 3. The van der Waals surface area contributed by atoms with Crippen LogP contribution in [-0.2, 0) is 4.79 Å². The van der Waals surface area contributed by atoms with Crippen LogP contribution in [-0.4, -0.2) is 67.7 Å². The van der Waals surface area contributed by atoms with E-state index in [0.29, 0.717) is 12.1 Å². The van der Waals surface area contributed by atoms with Gasteiger partial charge in [-0.2, -0.15) is 16.4 Å². The number of carbonyl (C=O) groups excluding carboxylic acids is 1. The Morgan fingerprint density at radius 2 is 2.05 bits per heavy atom. The van der Waals surface area contributed by atoms with Crippen molar-refractivity contribution in [1.82, 2.24) is 25.1 Å². The highest BCUT2D eigenvalue weighted by molar-refractivity contribution is 7.99. The summed E-state index contributed by atoms with van der Waals surface area (Å²) in [4.78, 5) is 16.8. The van der Waals surface area contributed by atoms with Gasteiger partial charge in [-0.05, 0) is 36.6 Å². The summed E-state index contributed by atoms with van der Waals surface area (Å²) in [7, 11) is 0. The smallest absolute Gasteiger partial charge is 0.247 e. The van der Waals surface area contributed by atoms with Gasteiger partial charge >= 0.3 is 0 Å². The van der Waals surface area contributed by atoms with Crippen LogP contribution in [0, 0.1) is 0 Å². The molecule has 2 aliphatic heterocycles. The molecule has 8 heteroatoms. The Labute approximate surface area is 128 Å². The fourth-order valence-electron chi connectivity index (χ4n) is 3.27. The number of thioether (sulfide) groups is 1. The third-order valence-electron chi connectivity index (χ3n) is 4.59. The van der Waals surface area contributed by atoms with Crippen LogP contribution >= 0.6 is 11.8 Å². The quantitative estimate of drug-likeness (QED) is 0.812. The zero-order chi connectivity index (χ0) is 14.4. The first-order chi connectivity index (χ1) is 10.3. The van der Waals surface area contributed by atoms with Gasteiger partial charge in [0.05, 0.1) is 0 Å². The van der Waals surface area contributed by atoms with Crippen molar-refractivity contribution < 1.29 is 4.79 Å². The zero-order valence-corrected chi connectivity index (χ0v) is 13.0. The first-order valence-electron chi connectivity index (χ1n) is 7.68. The molecule has 2 atom stereocenters. The van der Waals surface area contributed by atoms with Crippen molar-refractivity contribution in [2.24, 2.45) is 0 Å². The lowest BCUT2D eigenvalue weighted by Gasteiger charge is -2.33. The average Bonchev–Trinajstić information content (AvgIpc) is 3.09. The van der Waals surface area contributed by atoms with Gasteiger partial charge in [-0.15, -0.1) is 0 Å². The van der Waals surface area contributed by atoms with Gasteiger partial charge in [-0.3, -0.25) is 4.79 Å². The summed E-state index contributed by atoms with van der Waals surface area (Å²) < 4.78 is 1.76. The van der Waals surface area contributed by atoms with Crippen LogP contribution < -0.4 is 4.90 Å². The fourth-order valence-corrected chi connectivity index (χ4v) is 4.28. The molecule has 3 heterocycles. The number of aromatic nitrogens is 4. The molecule has 1 amide bonds. The maximum absolute atomic E-state index is 12.6. The van der Waals surface area contributed by atoms with E-state index in [4.69, 9.17) is 0 Å². The number of hydrogen-bond acceptors (Lipinski definition) is 6. The van der Waals surface area contributed by atoms with E-state index >= 15 is 0 Å². The van der Waals surface area contributed by atoms with Crippen LogP contribution in [0.3, 0.4) is 0 Å². The molecule has 21 heavy (non-hydrogen) atoms. The summed E-state index contributed by atoms with van der Waals surface area (Å²) in [5.41, 5.74) is 0. The van der Waals surface area contributed by atoms with Crippen LogP contribution in [0.25, 0.3) is 0 Å². The Kier molecular flexibility index (Phi) is 3.28. The lowest BCUT2D eigenvalue weighted by atomic mass is 10.2. The molecule has 2 saturated heterocycles. The molecule has 0 spiro atoms. The molecule has 0 bridgehead atoms. The second-order valence-electron chi connectivity index (χ2n) is 6.11. The van der Waals surface area contributed by atoms with E-state index in [1.165, 1.54) is 0 Å². The zero-order valence-electron chi connectivity index (χ0n) is 12.2. The highest BCUT2D eigenvalue weighted by Crippen LogP contribution is 2.35. The summed E-state index contributed by atoms with van der Waals surface area (Å²) in [6, 6.07) is 0.676. The Balaban J connectivity index is 1.58. The number of nitrogens with zero attached hydrogens (tertiary/aromatic N) is 6. The Bertz CT molecular complexity index is 545. The van der Waals surface area contributed by atoms with Crippen molar-refractivity contribution in [2.45, 2.75) is 44.3 Å². The van der Waals surface area contributed by atoms with Crippen LogP contribution in [0.2, 0.25) is 0 Å². The summed E-state index contributed by atoms with van der Waals surface area (Å²) >= 11 is 1.96. The van der Waals surface area contributed by atoms with E-state index in [1.54, 1.807) is 4.68 Å². The van der Waals surface area contributed by atoms with Gasteiger partial charge < -0.3 is 9.80 Å². The highest BCUT2D eigenvalue weighted by atomic mass is 32.2. The molecule has 3 fully saturated rings. The summed E-state index contributed by atoms with van der Waals surface area (Å²) in [6.07, 6.45) is 3.13. The minimum absolute atomic E-state index is 0.199. The van der Waals surface area contributed by atoms with Gasteiger partial charge in [0, 0.05) is 36.7 Å². The molecule has 1 aromatic rings. The van der Waals surface area contributed by atoms with E-state index in [-0.39, 0.29) is 11.9 Å². The van der Waals surface area contributed by atoms with Crippen LogP contribution in [0.4, 0.5) is 5.95 Å². The molecule has 4 rings (SSSR count). The van der Waals surface area contributed by atoms with E-state index in [2.05, 4.69) is 27.3 Å². The van der Waals surface area contributed by atoms with Crippen LogP contribution in [0.5, 0.6) is 0 Å². The molecule has 1 aromatic heterocycles. The highest BCUT2D eigenvalue weighted by Gasteiger charge is 2.43. The van der Waals surface area contributed by atoms with Crippen molar-refractivity contribution in [3.05, 3.63) is 0 Å². The van der Waals surface area contributed by atoms with Gasteiger partial charge in [0.25, 0.3) is 0 Å². The lowest BCUT2D eigenvalue weighted by Crippen LogP contribution is -2.43. The molecular formula is C13H20N6OS. The van der Waals surface area contributed by atoms with E-state index in [0.717, 1.165) is 49.8 Å². The molecule has 1 aliphatic carbocycles. The number of carbonyl (C=O) groups is 1. The number of likely N-dealkylation sites (tertiary alicyclic amines) is 1. The molecule has 0 aromatic carbocycles. The molecule has 7 nitrogen and oxygen atoms in total. The monoisotopic (exact) mass is 308 g/mol. The first-order valence-corrected chi connectivity index (χ1v) is 8.84. The van der Waals surface area contributed by atoms with Gasteiger partial charge in [-0.25, -0.2) is 0 Å². The van der Waals surface area contributed by atoms with Crippen molar-refractivity contribution in [3.8, 4) is 0 Å². The van der Waals surface area contributed by atoms with Gasteiger partial charge in [0.1, 0.15) is 6.04 Å². The fraction of sp³-hybridized carbons (Fsp3) is 0.846. The average molecular weight is 308 g/mol. The van der Waals surface area contributed by atoms with E-state index in [9.17, 15) is 4.79 Å². The van der Waals surface area contributed by atoms with Crippen LogP contribution in [0.15, 0.2) is 0 Å². The molecule has 1 saturated carbocycles. The summed E-state index contributed by atoms with van der Waals surface area (Å²) in [5, 5.41) is 12.2. The summed E-state index contributed by atoms with van der Waals surface area (Å²) in [6.45, 7) is 3.98. The standard InChI is InChI=1S/C13H20N6OS/c1-9-8-21-7-6-17(9)13-14-15-16-19(13)11-4-5-18(12(11)20)10-2-3-10/h9-11H,2-8H2,1H3. The van der Waals surface area contributed by atoms with Crippen molar-refractivity contribution in [3.63, 3.8) is 0 Å². The third kappa shape index (κ3) is 2.29. The molecular weight excluding hydrogens is 288 g/mol. The maximum Gasteiger partial charge on any atom is 0.247 e. The first kappa shape index (κ1) is 13.4. The van der Waals surface area contributed by atoms with Crippen molar-refractivity contribution in [2.75, 3.05) is 29.5 Å². The number of amides is 1. The lowest BCUT2D eigenvalue weighted by molar-refractivity contribution is -0.131. The predicted octanol–water partition coefficient (Wildman–Crippen LogP) is 0.551.